The zero-order valence-electron chi connectivity index (χ0n) is 10.0. The first-order chi connectivity index (χ1) is 8.56. The Morgan fingerprint density at radius 2 is 1.83 bits per heavy atom. The Kier molecular flexibility index (Phi) is 4.66. The van der Waals surface area contributed by atoms with E-state index < -0.39 is 11.8 Å². The van der Waals surface area contributed by atoms with Crippen LogP contribution in [-0.4, -0.2) is 11.8 Å². The van der Waals surface area contributed by atoms with Crippen molar-refractivity contribution in [3.8, 4) is 0 Å². The van der Waals surface area contributed by atoms with Crippen LogP contribution in [0.25, 0.3) is 10.4 Å². The summed E-state index contributed by atoms with van der Waals surface area (Å²) in [5.41, 5.74) is 9.21. The first kappa shape index (κ1) is 13.5. The highest BCUT2D eigenvalue weighted by molar-refractivity contribution is 6.03. The van der Waals surface area contributed by atoms with Gasteiger partial charge in [-0.25, -0.2) is 0 Å². The fraction of sp³-hybridized carbons (Fsp3) is 0.167. The van der Waals surface area contributed by atoms with Crippen molar-refractivity contribution in [1.82, 2.24) is 5.32 Å². The summed E-state index contributed by atoms with van der Waals surface area (Å²) >= 11 is 0. The van der Waals surface area contributed by atoms with Crippen molar-refractivity contribution in [2.75, 3.05) is 0 Å². The van der Waals surface area contributed by atoms with Gasteiger partial charge in [0.15, 0.2) is 0 Å². The third-order valence-corrected chi connectivity index (χ3v) is 2.12. The van der Waals surface area contributed by atoms with Gasteiger partial charge >= 0.3 is 0 Å². The molecule has 1 aromatic rings. The van der Waals surface area contributed by atoms with E-state index in [0.717, 1.165) is 0 Å². The summed E-state index contributed by atoms with van der Waals surface area (Å²) in [6.45, 7) is 3.29. The molecular weight excluding hydrogens is 232 g/mol. The number of carbonyl (C=O) groups excluding carboxylic acids is 2. The van der Waals surface area contributed by atoms with E-state index in [9.17, 15) is 9.59 Å². The van der Waals surface area contributed by atoms with Crippen molar-refractivity contribution in [2.45, 2.75) is 13.8 Å². The smallest absolute Gasteiger partial charge is 0.265 e. The zero-order chi connectivity index (χ0) is 13.5. The maximum atomic E-state index is 11.8. The van der Waals surface area contributed by atoms with E-state index in [4.69, 9.17) is 5.53 Å². The molecule has 0 atom stereocenters. The highest BCUT2D eigenvalue weighted by atomic mass is 16.2. The van der Waals surface area contributed by atoms with Crippen LogP contribution in [0.15, 0.2) is 46.7 Å². The lowest BCUT2D eigenvalue weighted by atomic mass is 10.2. The van der Waals surface area contributed by atoms with Gasteiger partial charge in [-0.05, 0) is 42.2 Å². The van der Waals surface area contributed by atoms with Crippen LogP contribution in [0.3, 0.4) is 0 Å². The quantitative estimate of drug-likeness (QED) is 0.382. The van der Waals surface area contributed by atoms with Crippen molar-refractivity contribution in [1.29, 1.82) is 0 Å². The lowest BCUT2D eigenvalue weighted by Crippen LogP contribution is -2.27. The van der Waals surface area contributed by atoms with Gasteiger partial charge < -0.3 is 5.32 Å². The lowest BCUT2D eigenvalue weighted by molar-refractivity contribution is -0.114. The Labute approximate surface area is 104 Å². The minimum atomic E-state index is -0.804. The summed E-state index contributed by atoms with van der Waals surface area (Å²) < 4.78 is 0. The van der Waals surface area contributed by atoms with Crippen molar-refractivity contribution in [3.63, 3.8) is 0 Å². The molecular formula is C12H12N4O2. The molecule has 2 amide bonds. The van der Waals surface area contributed by atoms with Gasteiger partial charge in [-0.1, -0.05) is 18.2 Å². The van der Waals surface area contributed by atoms with Crippen molar-refractivity contribution >= 4 is 11.8 Å². The molecule has 0 aliphatic rings. The number of nitrogens with zero attached hydrogens (tertiary/aromatic N) is 3. The highest BCUT2D eigenvalue weighted by Crippen LogP contribution is 2.05. The van der Waals surface area contributed by atoms with E-state index in [1.54, 1.807) is 44.2 Å². The molecule has 0 unspecified atom stereocenters. The van der Waals surface area contributed by atoms with Crippen LogP contribution in [0.4, 0.5) is 0 Å². The van der Waals surface area contributed by atoms with Gasteiger partial charge in [0.25, 0.3) is 11.8 Å². The number of rotatable bonds is 3. The number of amides is 2. The second-order valence-electron chi connectivity index (χ2n) is 3.69. The predicted octanol–water partition coefficient (Wildman–Crippen LogP) is 2.55. The molecule has 1 rings (SSSR count). The SMILES string of the molecule is CC(C)=C(NC(=O)c1ccccc1)C(=O)N=[N+]=[N-]. The summed E-state index contributed by atoms with van der Waals surface area (Å²) in [4.78, 5) is 25.7. The predicted molar refractivity (Wildman–Crippen MR) is 66.4 cm³/mol. The number of hydrogen-bond acceptors (Lipinski definition) is 2. The summed E-state index contributed by atoms with van der Waals surface area (Å²) in [7, 11) is 0. The highest BCUT2D eigenvalue weighted by Gasteiger charge is 2.13. The Morgan fingerprint density at radius 1 is 1.22 bits per heavy atom. The van der Waals surface area contributed by atoms with E-state index in [1.807, 2.05) is 0 Å². The van der Waals surface area contributed by atoms with Crippen LogP contribution >= 0.6 is 0 Å². The summed E-state index contributed by atoms with van der Waals surface area (Å²) in [5, 5.41) is 5.41. The zero-order valence-corrected chi connectivity index (χ0v) is 10.0. The van der Waals surface area contributed by atoms with Crippen molar-refractivity contribution in [2.24, 2.45) is 5.11 Å². The molecule has 18 heavy (non-hydrogen) atoms. The number of carbonyl (C=O) groups is 2. The molecule has 0 heterocycles. The molecule has 0 aliphatic heterocycles. The second kappa shape index (κ2) is 6.22. The molecule has 0 aliphatic carbocycles. The number of nitrogens with one attached hydrogen (secondary N) is 1. The van der Waals surface area contributed by atoms with Gasteiger partial charge in [0.1, 0.15) is 0 Å². The molecule has 0 aromatic heterocycles. The van der Waals surface area contributed by atoms with Gasteiger partial charge in [-0.2, -0.15) is 0 Å². The number of benzene rings is 1. The molecule has 0 spiro atoms. The van der Waals surface area contributed by atoms with Crippen LogP contribution in [0, 0.1) is 0 Å². The molecule has 1 aromatic carbocycles. The molecule has 1 N–H and O–H groups in total. The van der Waals surface area contributed by atoms with E-state index >= 15 is 0 Å². The molecule has 0 bridgehead atoms. The Morgan fingerprint density at radius 3 is 2.33 bits per heavy atom. The summed E-state index contributed by atoms with van der Waals surface area (Å²) in [6, 6.07) is 8.45. The van der Waals surface area contributed by atoms with Gasteiger partial charge in [0.05, 0.1) is 5.70 Å². The van der Waals surface area contributed by atoms with Gasteiger partial charge in [0, 0.05) is 10.5 Å². The van der Waals surface area contributed by atoms with Crippen LogP contribution in [0.5, 0.6) is 0 Å². The molecule has 0 saturated heterocycles. The van der Waals surface area contributed by atoms with E-state index in [0.29, 0.717) is 11.1 Å². The normalized spacial score (nSPS) is 9.00. The minimum Gasteiger partial charge on any atom is -0.319 e. The molecule has 6 nitrogen and oxygen atoms in total. The number of hydrogen-bond donors (Lipinski definition) is 1. The summed E-state index contributed by atoms with van der Waals surface area (Å²) in [5.74, 6) is -1.23. The maximum Gasteiger partial charge on any atom is 0.265 e. The lowest BCUT2D eigenvalue weighted by Gasteiger charge is -2.08. The second-order valence-corrected chi connectivity index (χ2v) is 3.69. The van der Waals surface area contributed by atoms with Gasteiger partial charge in [-0.15, -0.1) is 0 Å². The topological polar surface area (TPSA) is 94.9 Å². The maximum absolute atomic E-state index is 11.8. The first-order valence-corrected chi connectivity index (χ1v) is 5.19. The molecule has 0 fully saturated rings. The Hall–Kier alpha value is -2.59. The third-order valence-electron chi connectivity index (χ3n) is 2.12. The fourth-order valence-electron chi connectivity index (χ4n) is 1.26. The Bertz CT molecular complexity index is 538. The van der Waals surface area contributed by atoms with E-state index in [2.05, 4.69) is 15.3 Å². The summed E-state index contributed by atoms with van der Waals surface area (Å²) in [6.07, 6.45) is 0. The van der Waals surface area contributed by atoms with Crippen molar-refractivity contribution in [3.05, 3.63) is 57.6 Å². The number of azide groups is 1. The molecule has 92 valence electrons. The van der Waals surface area contributed by atoms with Crippen molar-refractivity contribution < 1.29 is 9.59 Å². The number of allylic oxidation sites excluding steroid dienone is 1. The molecule has 6 heteroatoms. The average molecular weight is 244 g/mol. The largest absolute Gasteiger partial charge is 0.319 e. The molecule has 0 saturated carbocycles. The monoisotopic (exact) mass is 244 g/mol. The van der Waals surface area contributed by atoms with Gasteiger partial charge in [-0.3, -0.25) is 9.59 Å². The standard InChI is InChI=1S/C12H12N4O2/c1-8(2)10(12(18)15-16-13)14-11(17)9-6-4-3-5-7-9/h3-7H,1-2H3,(H,14,17). The van der Waals surface area contributed by atoms with Crippen LogP contribution in [0.2, 0.25) is 0 Å². The van der Waals surface area contributed by atoms with Crippen LogP contribution < -0.4 is 5.32 Å². The minimum absolute atomic E-state index is 0.00153. The molecule has 0 radical (unpaired) electrons. The first-order valence-electron chi connectivity index (χ1n) is 5.19. The van der Waals surface area contributed by atoms with Crippen LogP contribution in [0.1, 0.15) is 24.2 Å². The average Bonchev–Trinajstić information content (AvgIpc) is 2.36. The fourth-order valence-corrected chi connectivity index (χ4v) is 1.26. The van der Waals surface area contributed by atoms with Crippen LogP contribution in [-0.2, 0) is 4.79 Å². The van der Waals surface area contributed by atoms with E-state index in [1.165, 1.54) is 0 Å². The Balaban J connectivity index is 2.94. The van der Waals surface area contributed by atoms with E-state index in [-0.39, 0.29) is 5.70 Å². The third kappa shape index (κ3) is 3.47. The van der Waals surface area contributed by atoms with Gasteiger partial charge in [0.2, 0.25) is 0 Å².